The second-order valence-corrected chi connectivity index (χ2v) is 5.77. The SMILES string of the molecule is CCC(C(=O)[O-])C(=O)CC(CC(=O)C(CC)C(=O)[O-])(C(C)=O)C(=O)[O-].[Al+3]. The van der Waals surface area contributed by atoms with E-state index >= 15 is 0 Å². The maximum Gasteiger partial charge on any atom is 3.00 e. The molecular formula is C16H19AlO9. The summed E-state index contributed by atoms with van der Waals surface area (Å²) < 4.78 is 0. The molecule has 0 bridgehead atoms. The Morgan fingerprint density at radius 3 is 1.23 bits per heavy atom. The van der Waals surface area contributed by atoms with Crippen LogP contribution in [0.4, 0.5) is 0 Å². The standard InChI is InChI=1S/C16H22O9.Al/c1-4-9(13(20)21)11(18)6-16(8(3)17,15(24)25)7-12(19)10(5-2)14(22)23;/h9-10H,4-7H2,1-3H3,(H,20,21)(H,22,23)(H,24,25);/q;+3/p-3. The van der Waals surface area contributed by atoms with Gasteiger partial charge in [0.05, 0.1) is 35.2 Å². The molecule has 2 unspecified atom stereocenters. The molecule has 0 saturated heterocycles. The summed E-state index contributed by atoms with van der Waals surface area (Å²) >= 11 is 0. The Morgan fingerprint density at radius 2 is 1.08 bits per heavy atom. The Labute approximate surface area is 160 Å². The van der Waals surface area contributed by atoms with Gasteiger partial charge in [-0.1, -0.05) is 13.8 Å². The molecule has 0 aromatic carbocycles. The fraction of sp³-hybridized carbons (Fsp3) is 0.625. The molecule has 0 aliphatic rings. The molecule has 0 aromatic heterocycles. The number of ketones is 3. The minimum atomic E-state index is -2.64. The molecule has 0 radical (unpaired) electrons. The van der Waals surface area contributed by atoms with Crippen molar-refractivity contribution in [3.63, 3.8) is 0 Å². The van der Waals surface area contributed by atoms with Crippen molar-refractivity contribution in [2.45, 2.75) is 46.5 Å². The first-order valence-corrected chi connectivity index (χ1v) is 7.64. The minimum Gasteiger partial charge on any atom is -0.549 e. The maximum absolute atomic E-state index is 12.1. The fourth-order valence-corrected chi connectivity index (χ4v) is 2.49. The number of Topliss-reactive ketones (excluding diaryl/α,β-unsaturated/α-hetero) is 3. The van der Waals surface area contributed by atoms with E-state index in [0.29, 0.717) is 0 Å². The summed E-state index contributed by atoms with van der Waals surface area (Å²) in [5.41, 5.74) is -2.64. The Hall–Kier alpha value is -2.05. The van der Waals surface area contributed by atoms with E-state index in [1.165, 1.54) is 13.8 Å². The molecule has 0 N–H and O–H groups in total. The Morgan fingerprint density at radius 1 is 0.769 bits per heavy atom. The molecule has 0 fully saturated rings. The summed E-state index contributed by atoms with van der Waals surface area (Å²) in [6.07, 6.45) is -2.61. The number of hydrogen-bond donors (Lipinski definition) is 0. The normalized spacial score (nSPS) is 14.9. The second-order valence-electron chi connectivity index (χ2n) is 5.77. The average molecular weight is 382 g/mol. The van der Waals surface area contributed by atoms with E-state index in [1.54, 1.807) is 0 Å². The molecule has 0 amide bonds. The van der Waals surface area contributed by atoms with Gasteiger partial charge >= 0.3 is 17.4 Å². The smallest absolute Gasteiger partial charge is 0.549 e. The molecule has 0 aromatic rings. The van der Waals surface area contributed by atoms with Gasteiger partial charge in [0.15, 0.2) is 0 Å². The molecule has 10 heteroatoms. The number of carboxylic acid groups (broad SMARTS) is 3. The number of carboxylic acids is 3. The zero-order valence-corrected chi connectivity index (χ0v) is 15.9. The third-order valence-corrected chi connectivity index (χ3v) is 4.18. The predicted octanol–water partition coefficient (Wildman–Crippen LogP) is -3.60. The van der Waals surface area contributed by atoms with Crippen molar-refractivity contribution in [2.24, 2.45) is 17.3 Å². The Balaban J connectivity index is 0. The molecule has 26 heavy (non-hydrogen) atoms. The molecule has 0 aliphatic heterocycles. The fourth-order valence-electron chi connectivity index (χ4n) is 2.49. The number of carbonyl (C=O) groups is 6. The van der Waals surface area contributed by atoms with Crippen LogP contribution in [0.25, 0.3) is 0 Å². The summed E-state index contributed by atoms with van der Waals surface area (Å²) in [5.74, 6) is -12.2. The van der Waals surface area contributed by atoms with E-state index in [0.717, 1.165) is 6.92 Å². The van der Waals surface area contributed by atoms with Crippen LogP contribution in [0.1, 0.15) is 46.5 Å². The summed E-state index contributed by atoms with van der Waals surface area (Å²) in [6.45, 7) is 3.50. The van der Waals surface area contributed by atoms with Gasteiger partial charge in [-0.05, 0) is 19.8 Å². The Bertz CT molecular complexity index is 545. The number of rotatable bonds is 12. The maximum atomic E-state index is 12.1. The van der Waals surface area contributed by atoms with E-state index in [4.69, 9.17) is 0 Å². The zero-order valence-electron chi connectivity index (χ0n) is 14.7. The van der Waals surface area contributed by atoms with Crippen LogP contribution in [0, 0.1) is 17.3 Å². The number of hydrogen-bond acceptors (Lipinski definition) is 9. The predicted molar refractivity (Wildman–Crippen MR) is 80.7 cm³/mol. The van der Waals surface area contributed by atoms with Crippen LogP contribution < -0.4 is 15.3 Å². The van der Waals surface area contributed by atoms with Gasteiger partial charge in [0.25, 0.3) is 0 Å². The van der Waals surface area contributed by atoms with Gasteiger partial charge in [0, 0.05) is 12.8 Å². The van der Waals surface area contributed by atoms with Crippen molar-refractivity contribution < 1.29 is 44.1 Å². The van der Waals surface area contributed by atoms with Crippen LogP contribution in [0.2, 0.25) is 0 Å². The number of carbonyl (C=O) groups excluding carboxylic acids is 6. The van der Waals surface area contributed by atoms with Crippen LogP contribution in [-0.4, -0.2) is 52.6 Å². The molecule has 0 spiro atoms. The summed E-state index contributed by atoms with van der Waals surface area (Å²) in [5, 5.41) is 33.4. The van der Waals surface area contributed by atoms with Gasteiger partial charge in [0.2, 0.25) is 0 Å². The van der Waals surface area contributed by atoms with Crippen LogP contribution in [0.15, 0.2) is 0 Å². The van der Waals surface area contributed by atoms with Gasteiger partial charge < -0.3 is 29.7 Å². The third kappa shape index (κ3) is 6.04. The largest absolute Gasteiger partial charge is 3.00 e. The quantitative estimate of drug-likeness (QED) is 0.244. The second kappa shape index (κ2) is 10.8. The molecule has 140 valence electrons. The first kappa shape index (κ1) is 26.2. The summed E-state index contributed by atoms with van der Waals surface area (Å²) in [6, 6.07) is 0. The Kier molecular flexibility index (Phi) is 10.9. The first-order valence-electron chi connectivity index (χ1n) is 7.64. The van der Waals surface area contributed by atoms with Crippen molar-refractivity contribution in [3.8, 4) is 0 Å². The zero-order chi connectivity index (χ0) is 19.9. The third-order valence-electron chi connectivity index (χ3n) is 4.18. The van der Waals surface area contributed by atoms with Crippen LogP contribution >= 0.6 is 0 Å². The minimum absolute atomic E-state index is 0. The van der Waals surface area contributed by atoms with Crippen LogP contribution in [0.5, 0.6) is 0 Å². The van der Waals surface area contributed by atoms with E-state index in [2.05, 4.69) is 0 Å². The summed E-state index contributed by atoms with van der Waals surface area (Å²) in [7, 11) is 0. The van der Waals surface area contributed by atoms with Crippen LogP contribution in [0.3, 0.4) is 0 Å². The average Bonchev–Trinajstić information content (AvgIpc) is 2.46. The van der Waals surface area contributed by atoms with E-state index in [-0.39, 0.29) is 30.2 Å². The molecular weight excluding hydrogens is 363 g/mol. The van der Waals surface area contributed by atoms with Crippen molar-refractivity contribution >= 4 is 52.6 Å². The van der Waals surface area contributed by atoms with Gasteiger partial charge in [-0.3, -0.25) is 14.4 Å². The van der Waals surface area contributed by atoms with Gasteiger partial charge in [-0.25, -0.2) is 0 Å². The van der Waals surface area contributed by atoms with Gasteiger partial charge in [0.1, 0.15) is 17.3 Å². The van der Waals surface area contributed by atoms with E-state index in [1.807, 2.05) is 0 Å². The molecule has 2 atom stereocenters. The molecule has 9 nitrogen and oxygen atoms in total. The van der Waals surface area contributed by atoms with E-state index in [9.17, 15) is 44.1 Å². The van der Waals surface area contributed by atoms with Gasteiger partial charge in [-0.15, -0.1) is 0 Å². The first-order chi connectivity index (χ1) is 11.4. The van der Waals surface area contributed by atoms with Crippen molar-refractivity contribution in [3.05, 3.63) is 0 Å². The molecule has 0 saturated carbocycles. The molecule has 0 aliphatic carbocycles. The van der Waals surface area contributed by atoms with Crippen molar-refractivity contribution in [1.29, 1.82) is 0 Å². The number of aliphatic carboxylic acids is 3. The van der Waals surface area contributed by atoms with Gasteiger partial charge in [-0.2, -0.15) is 0 Å². The topological polar surface area (TPSA) is 172 Å². The van der Waals surface area contributed by atoms with Crippen LogP contribution in [-0.2, 0) is 28.8 Å². The van der Waals surface area contributed by atoms with E-state index < -0.39 is 65.4 Å². The van der Waals surface area contributed by atoms with Crippen molar-refractivity contribution in [2.75, 3.05) is 0 Å². The monoisotopic (exact) mass is 382 g/mol. The van der Waals surface area contributed by atoms with Crippen molar-refractivity contribution in [1.82, 2.24) is 0 Å². The summed E-state index contributed by atoms with van der Waals surface area (Å²) in [4.78, 5) is 69.5. The molecule has 0 heterocycles. The molecule has 0 rings (SSSR count).